The van der Waals surface area contributed by atoms with E-state index in [0.29, 0.717) is 16.5 Å². The number of allylic oxidation sites excluding steroid dienone is 4. The van der Waals surface area contributed by atoms with Crippen LogP contribution < -0.4 is 9.64 Å². The molecule has 0 spiro atoms. The molecule has 2 bridgehead atoms. The van der Waals surface area contributed by atoms with Gasteiger partial charge in [-0.05, 0) is 32.0 Å². The first kappa shape index (κ1) is 15.5. The maximum atomic E-state index is 13.1. The van der Waals surface area contributed by atoms with Crippen LogP contribution in [-0.4, -0.2) is 18.9 Å². The van der Waals surface area contributed by atoms with Crippen molar-refractivity contribution in [3.8, 4) is 5.75 Å². The van der Waals surface area contributed by atoms with Crippen molar-refractivity contribution in [1.82, 2.24) is 0 Å². The molecule has 24 heavy (non-hydrogen) atoms. The topological polar surface area (TPSA) is 46.6 Å². The second kappa shape index (κ2) is 5.21. The van der Waals surface area contributed by atoms with Crippen LogP contribution in [0.1, 0.15) is 13.8 Å². The Morgan fingerprint density at radius 1 is 1.08 bits per heavy atom. The van der Waals surface area contributed by atoms with E-state index in [1.807, 2.05) is 0 Å². The Hall–Kier alpha value is -2.07. The van der Waals surface area contributed by atoms with Gasteiger partial charge in [0.1, 0.15) is 5.75 Å². The minimum absolute atomic E-state index is 0.0385. The van der Waals surface area contributed by atoms with Crippen molar-refractivity contribution in [2.75, 3.05) is 12.0 Å². The largest absolute Gasteiger partial charge is 0.495 e. The molecular weight excluding hydrogens is 326 g/mol. The lowest BCUT2D eigenvalue weighted by Crippen LogP contribution is -2.33. The lowest BCUT2D eigenvalue weighted by molar-refractivity contribution is -0.123. The highest BCUT2D eigenvalue weighted by Gasteiger charge is 2.62. The van der Waals surface area contributed by atoms with Crippen LogP contribution in [-0.2, 0) is 9.59 Å². The van der Waals surface area contributed by atoms with Crippen molar-refractivity contribution in [3.05, 3.63) is 46.5 Å². The van der Waals surface area contributed by atoms with Gasteiger partial charge in [0.2, 0.25) is 11.8 Å². The minimum atomic E-state index is -0.305. The molecule has 3 aliphatic rings. The van der Waals surface area contributed by atoms with E-state index < -0.39 is 0 Å². The number of fused-ring (bicyclic) bond motifs is 5. The van der Waals surface area contributed by atoms with Crippen LogP contribution in [0, 0.1) is 23.7 Å². The zero-order chi connectivity index (χ0) is 17.2. The molecule has 4 rings (SSSR count). The first-order valence-electron chi connectivity index (χ1n) is 8.02. The summed E-state index contributed by atoms with van der Waals surface area (Å²) in [6.07, 6.45) is 4.16. The number of anilines is 1. The number of carbonyl (C=O) groups excluding carboxylic acids is 2. The average Bonchev–Trinajstić information content (AvgIpc) is 3.17. The summed E-state index contributed by atoms with van der Waals surface area (Å²) in [4.78, 5) is 27.4. The summed E-state index contributed by atoms with van der Waals surface area (Å²) in [5, 5.41) is 0.467. The van der Waals surface area contributed by atoms with Gasteiger partial charge >= 0.3 is 0 Å². The fraction of sp³-hybridized carbons (Fsp3) is 0.368. The maximum absolute atomic E-state index is 13.1. The van der Waals surface area contributed by atoms with Crippen molar-refractivity contribution in [2.45, 2.75) is 13.8 Å². The fourth-order valence-corrected chi connectivity index (χ4v) is 4.67. The SMILES string of the molecule is COc1ccc(Cl)cc1N1C(=O)[C@H]2[C@H](C1=O)[C@H]1C=C[C@H]2C1=C(C)C. The number of amides is 2. The van der Waals surface area contributed by atoms with Gasteiger partial charge in [0, 0.05) is 16.9 Å². The highest BCUT2D eigenvalue weighted by Crippen LogP contribution is 2.57. The molecule has 2 fully saturated rings. The monoisotopic (exact) mass is 343 g/mol. The number of methoxy groups -OCH3 is 1. The van der Waals surface area contributed by atoms with Crippen LogP contribution in [0.2, 0.25) is 5.02 Å². The van der Waals surface area contributed by atoms with Crippen LogP contribution in [0.3, 0.4) is 0 Å². The van der Waals surface area contributed by atoms with Crippen molar-refractivity contribution in [3.63, 3.8) is 0 Å². The van der Waals surface area contributed by atoms with E-state index in [0.717, 1.165) is 0 Å². The van der Waals surface area contributed by atoms with E-state index >= 15 is 0 Å². The normalized spacial score (nSPS) is 30.3. The molecule has 0 aromatic heterocycles. The number of hydrogen-bond acceptors (Lipinski definition) is 3. The van der Waals surface area contributed by atoms with Crippen molar-refractivity contribution in [1.29, 1.82) is 0 Å². The third-order valence-corrected chi connectivity index (χ3v) is 5.61. The second-order valence-corrected chi connectivity index (χ2v) is 7.21. The molecule has 0 unspecified atom stereocenters. The predicted octanol–water partition coefficient (Wildman–Crippen LogP) is 3.61. The fourth-order valence-electron chi connectivity index (χ4n) is 4.51. The number of ether oxygens (including phenoxy) is 1. The summed E-state index contributed by atoms with van der Waals surface area (Å²) in [6.45, 7) is 4.10. The van der Waals surface area contributed by atoms with Crippen LogP contribution in [0.5, 0.6) is 5.75 Å². The molecule has 1 saturated carbocycles. The summed E-state index contributed by atoms with van der Waals surface area (Å²) in [5.41, 5.74) is 2.88. The summed E-state index contributed by atoms with van der Waals surface area (Å²) in [6, 6.07) is 4.98. The molecule has 2 amide bonds. The van der Waals surface area contributed by atoms with E-state index in [2.05, 4.69) is 26.0 Å². The number of halogens is 1. The average molecular weight is 344 g/mol. The molecule has 1 aromatic carbocycles. The molecule has 124 valence electrons. The van der Waals surface area contributed by atoms with Gasteiger partial charge in [0.15, 0.2) is 0 Å². The molecule has 1 heterocycles. The maximum Gasteiger partial charge on any atom is 0.238 e. The lowest BCUT2D eigenvalue weighted by Gasteiger charge is -2.21. The van der Waals surface area contributed by atoms with Gasteiger partial charge in [0.05, 0.1) is 24.6 Å². The standard InChI is InChI=1S/C19H18ClNO3/c1-9(2)15-11-5-6-12(15)17-16(11)18(22)21(19(17)23)13-8-10(20)4-7-14(13)24-3/h4-8,11-12,16-17H,1-3H3/t11-,12-,16+,17+/m0/s1. The number of rotatable bonds is 2. The number of hydrogen-bond donors (Lipinski definition) is 0. The smallest absolute Gasteiger partial charge is 0.238 e. The Morgan fingerprint density at radius 2 is 1.67 bits per heavy atom. The van der Waals surface area contributed by atoms with E-state index in [1.165, 1.54) is 23.2 Å². The molecule has 1 saturated heterocycles. The first-order chi connectivity index (χ1) is 11.5. The van der Waals surface area contributed by atoms with E-state index in [-0.39, 0.29) is 35.5 Å². The first-order valence-corrected chi connectivity index (χ1v) is 8.40. The van der Waals surface area contributed by atoms with Crippen LogP contribution in [0.25, 0.3) is 0 Å². The molecular formula is C19H18ClNO3. The van der Waals surface area contributed by atoms with Gasteiger partial charge in [-0.1, -0.05) is 34.9 Å². The molecule has 5 heteroatoms. The summed E-state index contributed by atoms with van der Waals surface area (Å²) in [5.74, 6) is -0.360. The van der Waals surface area contributed by atoms with E-state index in [4.69, 9.17) is 16.3 Å². The Labute approximate surface area is 145 Å². The Balaban J connectivity index is 1.80. The van der Waals surface area contributed by atoms with Gasteiger partial charge in [0.25, 0.3) is 0 Å². The zero-order valence-corrected chi connectivity index (χ0v) is 14.5. The number of carbonyl (C=O) groups is 2. The molecule has 0 N–H and O–H groups in total. The predicted molar refractivity (Wildman–Crippen MR) is 92.0 cm³/mol. The summed E-state index contributed by atoms with van der Waals surface area (Å²) >= 11 is 6.08. The third-order valence-electron chi connectivity index (χ3n) is 5.37. The molecule has 1 aliphatic heterocycles. The van der Waals surface area contributed by atoms with Crippen molar-refractivity contribution >= 4 is 29.1 Å². The zero-order valence-electron chi connectivity index (χ0n) is 13.7. The van der Waals surface area contributed by atoms with E-state index in [1.54, 1.807) is 18.2 Å². The highest BCUT2D eigenvalue weighted by molar-refractivity contribution is 6.31. The Kier molecular flexibility index (Phi) is 3.36. The highest BCUT2D eigenvalue weighted by atomic mass is 35.5. The van der Waals surface area contributed by atoms with Crippen molar-refractivity contribution in [2.24, 2.45) is 23.7 Å². The Morgan fingerprint density at radius 3 is 2.17 bits per heavy atom. The molecule has 1 aromatic rings. The van der Waals surface area contributed by atoms with Gasteiger partial charge in [-0.3, -0.25) is 9.59 Å². The Bertz CT molecular complexity index is 788. The van der Waals surface area contributed by atoms with Gasteiger partial charge in [-0.2, -0.15) is 0 Å². The molecule has 4 atom stereocenters. The number of imide groups is 1. The quantitative estimate of drug-likeness (QED) is 0.609. The number of nitrogens with zero attached hydrogens (tertiary/aromatic N) is 1. The van der Waals surface area contributed by atoms with Crippen LogP contribution in [0.4, 0.5) is 5.69 Å². The lowest BCUT2D eigenvalue weighted by atomic mass is 9.85. The van der Waals surface area contributed by atoms with Gasteiger partial charge in [-0.15, -0.1) is 0 Å². The van der Waals surface area contributed by atoms with Crippen LogP contribution >= 0.6 is 11.6 Å². The van der Waals surface area contributed by atoms with Crippen LogP contribution in [0.15, 0.2) is 41.5 Å². The molecule has 2 aliphatic carbocycles. The summed E-state index contributed by atoms with van der Waals surface area (Å²) < 4.78 is 5.33. The third kappa shape index (κ3) is 1.86. The van der Waals surface area contributed by atoms with Crippen molar-refractivity contribution < 1.29 is 14.3 Å². The minimum Gasteiger partial charge on any atom is -0.495 e. The van der Waals surface area contributed by atoms with Gasteiger partial charge < -0.3 is 4.74 Å². The number of benzene rings is 1. The second-order valence-electron chi connectivity index (χ2n) is 6.77. The van der Waals surface area contributed by atoms with Gasteiger partial charge in [-0.25, -0.2) is 4.90 Å². The summed E-state index contributed by atoms with van der Waals surface area (Å²) in [7, 11) is 1.52. The molecule has 0 radical (unpaired) electrons. The molecule has 4 nitrogen and oxygen atoms in total. The van der Waals surface area contributed by atoms with E-state index in [9.17, 15) is 9.59 Å².